The zero-order chi connectivity index (χ0) is 17.0. The Labute approximate surface area is 143 Å². The zero-order valence-electron chi connectivity index (χ0n) is 14.3. The molecule has 0 saturated heterocycles. The maximum absolute atomic E-state index is 12.5. The van der Waals surface area contributed by atoms with Crippen LogP contribution < -0.4 is 0 Å². The molecule has 23 heavy (non-hydrogen) atoms. The van der Waals surface area contributed by atoms with Gasteiger partial charge in [0.05, 0.1) is 5.52 Å². The molecule has 1 amide bonds. The van der Waals surface area contributed by atoms with Gasteiger partial charge in [0, 0.05) is 30.5 Å². The predicted molar refractivity (Wildman–Crippen MR) is 96.5 cm³/mol. The fourth-order valence-electron chi connectivity index (χ4n) is 2.63. The van der Waals surface area contributed by atoms with E-state index in [0.717, 1.165) is 23.0 Å². The first-order valence-electron chi connectivity index (χ1n) is 8.18. The fraction of sp³-hybridized carbons (Fsp3) is 0.474. The molecule has 4 heteroatoms. The molecule has 0 atom stereocenters. The third-order valence-corrected chi connectivity index (χ3v) is 3.96. The Kier molecular flexibility index (Phi) is 6.00. The first kappa shape index (κ1) is 17.7. The van der Waals surface area contributed by atoms with Gasteiger partial charge in [-0.05, 0) is 24.0 Å². The number of para-hydroxylation sites is 1. The number of carbonyl (C=O) groups excluding carboxylic acids is 1. The van der Waals surface area contributed by atoms with E-state index in [0.29, 0.717) is 30.0 Å². The summed E-state index contributed by atoms with van der Waals surface area (Å²) < 4.78 is 0. The lowest BCUT2D eigenvalue weighted by atomic mass is 10.1. The Morgan fingerprint density at radius 1 is 1.17 bits per heavy atom. The van der Waals surface area contributed by atoms with Gasteiger partial charge >= 0.3 is 0 Å². The second kappa shape index (κ2) is 7.78. The summed E-state index contributed by atoms with van der Waals surface area (Å²) in [6.45, 7) is 9.62. The Morgan fingerprint density at radius 3 is 2.52 bits per heavy atom. The van der Waals surface area contributed by atoms with E-state index in [1.165, 1.54) is 0 Å². The summed E-state index contributed by atoms with van der Waals surface area (Å²) in [5.74, 6) is 0.943. The standard InChI is InChI=1S/C19H25ClN2O/c1-13(2)9-18(23)22(11-14(3)4)12-16-10-15-7-5-6-8-17(15)21-19(16)20/h5-8,10,13-14H,9,11-12H2,1-4H3. The van der Waals surface area contributed by atoms with E-state index in [9.17, 15) is 4.79 Å². The number of hydrogen-bond acceptors (Lipinski definition) is 2. The minimum atomic E-state index is 0.179. The molecule has 1 aromatic heterocycles. The van der Waals surface area contributed by atoms with Gasteiger partial charge in [-0.3, -0.25) is 4.79 Å². The molecule has 2 rings (SSSR count). The molecule has 0 spiro atoms. The van der Waals surface area contributed by atoms with Gasteiger partial charge in [-0.15, -0.1) is 0 Å². The molecule has 0 saturated carbocycles. The summed E-state index contributed by atoms with van der Waals surface area (Å²) in [4.78, 5) is 18.9. The van der Waals surface area contributed by atoms with Crippen molar-refractivity contribution >= 4 is 28.4 Å². The molecule has 124 valence electrons. The largest absolute Gasteiger partial charge is 0.338 e. The van der Waals surface area contributed by atoms with Gasteiger partial charge < -0.3 is 4.90 Å². The lowest BCUT2D eigenvalue weighted by Gasteiger charge is -2.26. The van der Waals surface area contributed by atoms with E-state index < -0.39 is 0 Å². The minimum Gasteiger partial charge on any atom is -0.338 e. The molecule has 0 N–H and O–H groups in total. The van der Waals surface area contributed by atoms with Crippen LogP contribution in [0.3, 0.4) is 0 Å². The number of hydrogen-bond donors (Lipinski definition) is 0. The van der Waals surface area contributed by atoms with Crippen molar-refractivity contribution in [2.24, 2.45) is 11.8 Å². The summed E-state index contributed by atoms with van der Waals surface area (Å²) in [6, 6.07) is 9.94. The van der Waals surface area contributed by atoms with Crippen LogP contribution in [0, 0.1) is 11.8 Å². The number of amides is 1. The van der Waals surface area contributed by atoms with Gasteiger partial charge in [-0.1, -0.05) is 57.5 Å². The average Bonchev–Trinajstić information content (AvgIpc) is 2.46. The van der Waals surface area contributed by atoms with Crippen molar-refractivity contribution in [2.75, 3.05) is 6.54 Å². The first-order valence-corrected chi connectivity index (χ1v) is 8.56. The SMILES string of the molecule is CC(C)CC(=O)N(Cc1cc2ccccc2nc1Cl)CC(C)C. The number of carbonyl (C=O) groups is 1. The third kappa shape index (κ3) is 4.93. The first-order chi connectivity index (χ1) is 10.9. The molecular formula is C19H25ClN2O. The third-order valence-electron chi connectivity index (χ3n) is 3.63. The highest BCUT2D eigenvalue weighted by molar-refractivity contribution is 6.30. The zero-order valence-corrected chi connectivity index (χ0v) is 15.1. The maximum Gasteiger partial charge on any atom is 0.223 e. The van der Waals surface area contributed by atoms with Gasteiger partial charge in [0.1, 0.15) is 5.15 Å². The highest BCUT2D eigenvalue weighted by Crippen LogP contribution is 2.23. The summed E-state index contributed by atoms with van der Waals surface area (Å²) in [5.41, 5.74) is 1.79. The van der Waals surface area contributed by atoms with Gasteiger partial charge in [-0.2, -0.15) is 0 Å². The lowest BCUT2D eigenvalue weighted by Crippen LogP contribution is -2.34. The molecule has 1 heterocycles. The molecule has 3 nitrogen and oxygen atoms in total. The molecule has 0 aliphatic rings. The number of halogens is 1. The number of nitrogens with zero attached hydrogens (tertiary/aromatic N) is 2. The number of fused-ring (bicyclic) bond motifs is 1. The Bertz CT molecular complexity index is 682. The van der Waals surface area contributed by atoms with E-state index in [4.69, 9.17) is 11.6 Å². The summed E-state index contributed by atoms with van der Waals surface area (Å²) in [5, 5.41) is 1.53. The smallest absolute Gasteiger partial charge is 0.223 e. The maximum atomic E-state index is 12.5. The van der Waals surface area contributed by atoms with Crippen LogP contribution in [0.5, 0.6) is 0 Å². The van der Waals surface area contributed by atoms with Crippen LogP contribution in [0.4, 0.5) is 0 Å². The number of benzene rings is 1. The van der Waals surface area contributed by atoms with E-state index in [2.05, 4.69) is 32.7 Å². The summed E-state index contributed by atoms with van der Waals surface area (Å²) >= 11 is 6.35. The van der Waals surface area contributed by atoms with E-state index in [1.54, 1.807) is 0 Å². The van der Waals surface area contributed by atoms with Crippen molar-refractivity contribution in [1.29, 1.82) is 0 Å². The molecule has 0 aliphatic heterocycles. The van der Waals surface area contributed by atoms with Crippen LogP contribution in [0.2, 0.25) is 5.15 Å². The van der Waals surface area contributed by atoms with Crippen molar-refractivity contribution in [2.45, 2.75) is 40.7 Å². The second-order valence-electron chi connectivity index (χ2n) is 6.90. The van der Waals surface area contributed by atoms with Crippen LogP contribution in [0.1, 0.15) is 39.7 Å². The number of pyridine rings is 1. The summed E-state index contributed by atoms with van der Waals surface area (Å²) in [7, 11) is 0. The molecule has 0 fully saturated rings. The highest BCUT2D eigenvalue weighted by atomic mass is 35.5. The predicted octanol–water partition coefficient (Wildman–Crippen LogP) is 4.92. The molecule has 0 unspecified atom stereocenters. The molecular weight excluding hydrogens is 308 g/mol. The lowest BCUT2D eigenvalue weighted by molar-refractivity contribution is -0.133. The van der Waals surface area contributed by atoms with E-state index in [-0.39, 0.29) is 5.91 Å². The molecule has 2 aromatic rings. The Hall–Kier alpha value is -1.61. The topological polar surface area (TPSA) is 33.2 Å². The van der Waals surface area contributed by atoms with Crippen LogP contribution in [0.25, 0.3) is 10.9 Å². The fourth-order valence-corrected chi connectivity index (χ4v) is 2.83. The number of rotatable bonds is 6. The van der Waals surface area contributed by atoms with E-state index in [1.807, 2.05) is 35.2 Å². The van der Waals surface area contributed by atoms with Crippen molar-refractivity contribution in [3.63, 3.8) is 0 Å². The van der Waals surface area contributed by atoms with Gasteiger partial charge in [-0.25, -0.2) is 4.98 Å². The average molecular weight is 333 g/mol. The quantitative estimate of drug-likeness (QED) is 0.703. The van der Waals surface area contributed by atoms with Gasteiger partial charge in [0.2, 0.25) is 5.91 Å². The van der Waals surface area contributed by atoms with Crippen LogP contribution in [-0.2, 0) is 11.3 Å². The van der Waals surface area contributed by atoms with E-state index >= 15 is 0 Å². The van der Waals surface area contributed by atoms with Gasteiger partial charge in [0.15, 0.2) is 0 Å². The number of aromatic nitrogens is 1. The van der Waals surface area contributed by atoms with Crippen LogP contribution >= 0.6 is 11.6 Å². The van der Waals surface area contributed by atoms with Crippen LogP contribution in [-0.4, -0.2) is 22.3 Å². The normalized spacial score (nSPS) is 11.4. The summed E-state index contributed by atoms with van der Waals surface area (Å²) in [6.07, 6.45) is 0.561. The van der Waals surface area contributed by atoms with Crippen molar-refractivity contribution in [3.05, 3.63) is 41.0 Å². The second-order valence-corrected chi connectivity index (χ2v) is 7.26. The van der Waals surface area contributed by atoms with Gasteiger partial charge in [0.25, 0.3) is 0 Å². The highest BCUT2D eigenvalue weighted by Gasteiger charge is 2.18. The van der Waals surface area contributed by atoms with Crippen molar-refractivity contribution < 1.29 is 4.79 Å². The van der Waals surface area contributed by atoms with Crippen molar-refractivity contribution in [1.82, 2.24) is 9.88 Å². The molecule has 0 aliphatic carbocycles. The molecule has 0 bridgehead atoms. The molecule has 1 aromatic carbocycles. The Balaban J connectivity index is 2.27. The van der Waals surface area contributed by atoms with Crippen LogP contribution in [0.15, 0.2) is 30.3 Å². The Morgan fingerprint density at radius 2 is 1.87 bits per heavy atom. The monoisotopic (exact) mass is 332 g/mol. The minimum absolute atomic E-state index is 0.179. The molecule has 0 radical (unpaired) electrons. The van der Waals surface area contributed by atoms with Crippen molar-refractivity contribution in [3.8, 4) is 0 Å².